The zero-order valence-corrected chi connectivity index (χ0v) is 24.5. The zero-order valence-electron chi connectivity index (χ0n) is 24.5. The number of rotatable bonds is 14. The fraction of sp³-hybridized carbons (Fsp3) is 0.515. The molecule has 1 fully saturated rings. The maximum atomic E-state index is 13.5. The number of ketones is 3. The summed E-state index contributed by atoms with van der Waals surface area (Å²) in [5, 5.41) is 21.8. The van der Waals surface area contributed by atoms with Crippen LogP contribution in [-0.2, 0) is 14.4 Å². The Balaban J connectivity index is 1.94. The molecule has 0 bridgehead atoms. The summed E-state index contributed by atoms with van der Waals surface area (Å²) in [6.07, 6.45) is 13.1. The first kappa shape index (κ1) is 31.1. The van der Waals surface area contributed by atoms with E-state index in [1.807, 2.05) is 0 Å². The van der Waals surface area contributed by atoms with Crippen LogP contribution in [0.2, 0.25) is 0 Å². The van der Waals surface area contributed by atoms with Crippen molar-refractivity contribution in [3.63, 3.8) is 0 Å². The summed E-state index contributed by atoms with van der Waals surface area (Å²) in [7, 11) is 0. The monoisotopic (exact) mass is 549 g/mol. The van der Waals surface area contributed by atoms with Crippen LogP contribution in [0.25, 0.3) is 0 Å². The number of hydrogen-bond donors (Lipinski definition) is 2. The average Bonchev–Trinajstić information content (AvgIpc) is 3.16. The van der Waals surface area contributed by atoms with E-state index in [2.05, 4.69) is 37.2 Å². The molecule has 0 saturated heterocycles. The Bertz CT molecular complexity index is 1220. The van der Waals surface area contributed by atoms with Gasteiger partial charge in [0.15, 0.2) is 5.78 Å². The molecule has 1 saturated carbocycles. The number of allylic oxidation sites excluding steroid dienone is 4. The highest BCUT2D eigenvalue weighted by Gasteiger charge is 2.48. The highest BCUT2D eigenvalue weighted by Crippen LogP contribution is 2.39. The molecule has 0 radical (unpaired) electrons. The van der Waals surface area contributed by atoms with Gasteiger partial charge in [0, 0.05) is 54.9 Å². The fourth-order valence-electron chi connectivity index (χ4n) is 5.20. The van der Waals surface area contributed by atoms with Crippen LogP contribution in [0.5, 0.6) is 5.75 Å². The molecule has 3 rings (SSSR count). The summed E-state index contributed by atoms with van der Waals surface area (Å²) in [5.41, 5.74) is 1.49. The standard InChI is InChI=1S/C33H44N2O5/c1-5-9-17-34(18-10-6-2)23-13-15-25(27(36)21-23)29-31(38)30(33(40)32(29)39)26-16-14-24(22-28(26)37)35(19-11-7-3)20-12-8-4/h13-16,21-22,29,36H,5-12,17-20H2,1-4H3/p+1/b30-26+. The molecule has 1 atom stereocenters. The van der Waals surface area contributed by atoms with Crippen molar-refractivity contribution in [3.8, 4) is 5.75 Å². The number of carbonyl (C=O) groups excluding carboxylic acids is 3. The lowest BCUT2D eigenvalue weighted by atomic mass is 9.92. The van der Waals surface area contributed by atoms with Gasteiger partial charge in [-0.1, -0.05) is 59.4 Å². The van der Waals surface area contributed by atoms with Crippen LogP contribution >= 0.6 is 0 Å². The number of carbonyl (C=O) groups is 3. The number of nitrogens with zero attached hydrogens (tertiary/aromatic N) is 2. The van der Waals surface area contributed by atoms with Crippen LogP contribution in [0.15, 0.2) is 53.3 Å². The molecule has 1 aromatic rings. The second-order valence-corrected chi connectivity index (χ2v) is 10.7. The van der Waals surface area contributed by atoms with Gasteiger partial charge >= 0.3 is 0 Å². The van der Waals surface area contributed by atoms with E-state index >= 15 is 0 Å². The number of benzene rings is 1. The molecule has 0 aromatic heterocycles. The van der Waals surface area contributed by atoms with Gasteiger partial charge in [0.25, 0.3) is 0 Å². The third kappa shape index (κ3) is 6.98. The third-order valence-electron chi connectivity index (χ3n) is 7.65. The van der Waals surface area contributed by atoms with Gasteiger partial charge in [-0.3, -0.25) is 14.4 Å². The van der Waals surface area contributed by atoms with Crippen LogP contribution in [0.3, 0.4) is 0 Å². The van der Waals surface area contributed by atoms with E-state index in [-0.39, 0.29) is 28.2 Å². The molecule has 7 nitrogen and oxygen atoms in total. The molecule has 0 spiro atoms. The van der Waals surface area contributed by atoms with Crippen LogP contribution in [0.4, 0.5) is 5.69 Å². The SMILES string of the molecule is CCCCN(CCCC)c1ccc(C2C(=O)C(=O)/C(=C3\C=CC(=[N+](CCCC)CCCC)C=C3O)C2=O)c(O)c1. The Hall–Kier alpha value is -3.48. The molecule has 1 aromatic carbocycles. The van der Waals surface area contributed by atoms with Gasteiger partial charge < -0.3 is 15.1 Å². The number of hydrogen-bond acceptors (Lipinski definition) is 6. The number of aliphatic hydroxyl groups is 1. The Kier molecular flexibility index (Phi) is 11.5. The van der Waals surface area contributed by atoms with Crippen molar-refractivity contribution in [3.05, 3.63) is 58.9 Å². The van der Waals surface area contributed by atoms with Crippen molar-refractivity contribution in [1.82, 2.24) is 0 Å². The van der Waals surface area contributed by atoms with Crippen molar-refractivity contribution in [2.45, 2.75) is 85.0 Å². The van der Waals surface area contributed by atoms with Crippen molar-refractivity contribution in [2.24, 2.45) is 0 Å². The highest BCUT2D eigenvalue weighted by molar-refractivity contribution is 6.61. The molecule has 216 valence electrons. The second-order valence-electron chi connectivity index (χ2n) is 10.7. The average molecular weight is 550 g/mol. The Morgan fingerprint density at radius 1 is 0.800 bits per heavy atom. The van der Waals surface area contributed by atoms with Crippen LogP contribution in [0, 0.1) is 0 Å². The van der Waals surface area contributed by atoms with E-state index < -0.39 is 23.3 Å². The maximum absolute atomic E-state index is 13.5. The molecule has 7 heteroatoms. The quantitative estimate of drug-likeness (QED) is 0.0976. The van der Waals surface area contributed by atoms with Gasteiger partial charge in [0.1, 0.15) is 30.5 Å². The molecule has 2 N–H and O–H groups in total. The largest absolute Gasteiger partial charge is 0.508 e. The van der Waals surface area contributed by atoms with E-state index in [0.29, 0.717) is 0 Å². The molecule has 0 amide bonds. The van der Waals surface area contributed by atoms with Crippen molar-refractivity contribution < 1.29 is 29.2 Å². The predicted octanol–water partition coefficient (Wildman–Crippen LogP) is 5.97. The normalized spacial score (nSPS) is 19.0. The first-order valence-corrected chi connectivity index (χ1v) is 14.9. The van der Waals surface area contributed by atoms with Gasteiger partial charge in [-0.15, -0.1) is 0 Å². The van der Waals surface area contributed by atoms with E-state index in [4.69, 9.17) is 0 Å². The second kappa shape index (κ2) is 14.8. The number of aliphatic hydroxyl groups excluding tert-OH is 1. The minimum atomic E-state index is -1.42. The van der Waals surface area contributed by atoms with Crippen LogP contribution in [0.1, 0.15) is 90.5 Å². The number of unbranched alkanes of at least 4 members (excludes halogenated alkanes) is 4. The van der Waals surface area contributed by atoms with E-state index in [1.165, 1.54) is 0 Å². The number of aromatic hydroxyl groups is 1. The summed E-state index contributed by atoms with van der Waals surface area (Å²) >= 11 is 0. The van der Waals surface area contributed by atoms with Crippen molar-refractivity contribution in [1.29, 1.82) is 0 Å². The summed E-state index contributed by atoms with van der Waals surface area (Å²) in [5.74, 6) is -4.30. The van der Waals surface area contributed by atoms with Crippen LogP contribution < -0.4 is 4.90 Å². The summed E-state index contributed by atoms with van der Waals surface area (Å²) in [4.78, 5) is 41.8. The summed E-state index contributed by atoms with van der Waals surface area (Å²) < 4.78 is 2.19. The Morgan fingerprint density at radius 2 is 1.40 bits per heavy atom. The first-order valence-electron chi connectivity index (χ1n) is 14.9. The molecular formula is C33H45N2O5+. The van der Waals surface area contributed by atoms with Gasteiger partial charge in [-0.25, -0.2) is 4.58 Å². The lowest BCUT2D eigenvalue weighted by Crippen LogP contribution is -2.25. The number of phenolic OH excluding ortho intramolecular Hbond substituents is 1. The van der Waals surface area contributed by atoms with Crippen molar-refractivity contribution >= 4 is 28.7 Å². The van der Waals surface area contributed by atoms with E-state index in [1.54, 1.807) is 36.4 Å². The van der Waals surface area contributed by atoms with Gasteiger partial charge in [0.2, 0.25) is 17.3 Å². The third-order valence-corrected chi connectivity index (χ3v) is 7.65. The summed E-state index contributed by atoms with van der Waals surface area (Å²) in [6.45, 7) is 11.9. The lowest BCUT2D eigenvalue weighted by molar-refractivity contribution is -0.527. The molecule has 0 aliphatic heterocycles. The molecule has 2 aliphatic rings. The predicted molar refractivity (Wildman–Crippen MR) is 160 cm³/mol. The first-order chi connectivity index (χ1) is 19.3. The topological polar surface area (TPSA) is 97.9 Å². The van der Waals surface area contributed by atoms with Crippen molar-refractivity contribution in [2.75, 3.05) is 31.1 Å². The minimum Gasteiger partial charge on any atom is -0.508 e. The van der Waals surface area contributed by atoms with Gasteiger partial charge in [-0.2, -0.15) is 0 Å². The molecule has 2 aliphatic carbocycles. The lowest BCUT2D eigenvalue weighted by Gasteiger charge is -2.25. The van der Waals surface area contributed by atoms with Gasteiger partial charge in [-0.05, 0) is 25.0 Å². The zero-order chi connectivity index (χ0) is 29.2. The fourth-order valence-corrected chi connectivity index (χ4v) is 5.20. The van der Waals surface area contributed by atoms with E-state index in [9.17, 15) is 24.6 Å². The number of Topliss-reactive ketones (excluding diaryl/α,β-unsaturated/α-hetero) is 3. The highest BCUT2D eigenvalue weighted by atomic mass is 16.3. The maximum Gasteiger partial charge on any atom is 0.234 e. The smallest absolute Gasteiger partial charge is 0.234 e. The Morgan fingerprint density at radius 3 is 1.93 bits per heavy atom. The van der Waals surface area contributed by atoms with Crippen LogP contribution in [-0.4, -0.2) is 64.0 Å². The number of phenols is 1. The molecule has 0 heterocycles. The summed E-state index contributed by atoms with van der Waals surface area (Å²) in [6, 6.07) is 4.96. The molecular weight excluding hydrogens is 504 g/mol. The molecule has 40 heavy (non-hydrogen) atoms. The Labute approximate surface area is 238 Å². The minimum absolute atomic E-state index is 0.0574. The molecule has 1 unspecified atom stereocenters. The number of anilines is 1. The van der Waals surface area contributed by atoms with E-state index in [0.717, 1.165) is 88.9 Å². The van der Waals surface area contributed by atoms with Gasteiger partial charge in [0.05, 0.1) is 11.6 Å².